The van der Waals surface area contributed by atoms with Crippen LogP contribution in [0.15, 0.2) is 255 Å². The molecular formula is C60H46N2. The highest BCUT2D eigenvalue weighted by molar-refractivity contribution is 5.90. The lowest BCUT2D eigenvalue weighted by atomic mass is 9.93. The van der Waals surface area contributed by atoms with E-state index in [1.165, 1.54) is 50.1 Å². The Morgan fingerprint density at radius 2 is 0.677 bits per heavy atom. The minimum atomic E-state index is 1.06. The fraction of sp³-hybridized carbons (Fsp3) is 0.0333. The molecule has 2 nitrogen and oxygen atoms in total. The van der Waals surface area contributed by atoms with Gasteiger partial charge in [0.15, 0.2) is 0 Å². The molecule has 1 aliphatic rings. The molecule has 1 aliphatic carbocycles. The first-order valence-corrected chi connectivity index (χ1v) is 21.5. The molecule has 0 saturated carbocycles. The van der Waals surface area contributed by atoms with Gasteiger partial charge in [-0.25, -0.2) is 0 Å². The van der Waals surface area contributed by atoms with Gasteiger partial charge < -0.3 is 9.80 Å². The van der Waals surface area contributed by atoms with E-state index in [0.717, 1.165) is 52.5 Å². The Kier molecular flexibility index (Phi) is 10.9. The van der Waals surface area contributed by atoms with E-state index in [4.69, 9.17) is 0 Å². The van der Waals surface area contributed by atoms with Crippen molar-refractivity contribution in [1.29, 1.82) is 0 Å². The highest BCUT2D eigenvalue weighted by Gasteiger charge is 2.19. The lowest BCUT2D eigenvalue weighted by Crippen LogP contribution is -2.10. The van der Waals surface area contributed by atoms with E-state index in [1.807, 2.05) is 0 Å². The van der Waals surface area contributed by atoms with Gasteiger partial charge in [-0.2, -0.15) is 0 Å². The van der Waals surface area contributed by atoms with Gasteiger partial charge in [0, 0.05) is 34.1 Å². The average molecular weight is 795 g/mol. The third-order valence-corrected chi connectivity index (χ3v) is 11.8. The van der Waals surface area contributed by atoms with Crippen LogP contribution in [0, 0.1) is 0 Å². The predicted molar refractivity (Wildman–Crippen MR) is 264 cm³/mol. The van der Waals surface area contributed by atoms with E-state index in [2.05, 4.69) is 265 Å². The summed E-state index contributed by atoms with van der Waals surface area (Å²) in [4.78, 5) is 4.72. The molecule has 0 heterocycles. The number of para-hydroxylation sites is 1. The monoisotopic (exact) mass is 794 g/mol. The van der Waals surface area contributed by atoms with Gasteiger partial charge in [-0.15, -0.1) is 0 Å². The Hall–Kier alpha value is -7.94. The van der Waals surface area contributed by atoms with Crippen LogP contribution in [0.1, 0.15) is 18.4 Å². The minimum absolute atomic E-state index is 1.06. The van der Waals surface area contributed by atoms with Gasteiger partial charge in [-0.05, 0) is 141 Å². The number of rotatable bonds is 11. The summed E-state index contributed by atoms with van der Waals surface area (Å²) in [6.07, 6.45) is 8.82. The van der Waals surface area contributed by atoms with Crippen LogP contribution < -0.4 is 9.80 Å². The van der Waals surface area contributed by atoms with E-state index >= 15 is 0 Å². The second-order valence-corrected chi connectivity index (χ2v) is 15.7. The van der Waals surface area contributed by atoms with Crippen molar-refractivity contribution in [2.75, 3.05) is 9.80 Å². The first kappa shape index (κ1) is 38.3. The van der Waals surface area contributed by atoms with Gasteiger partial charge >= 0.3 is 0 Å². The lowest BCUT2D eigenvalue weighted by molar-refractivity contribution is 1.05. The average Bonchev–Trinajstić information content (AvgIpc) is 3.36. The molecule has 62 heavy (non-hydrogen) atoms. The third-order valence-electron chi connectivity index (χ3n) is 11.8. The topological polar surface area (TPSA) is 6.48 Å². The first-order valence-electron chi connectivity index (χ1n) is 21.5. The van der Waals surface area contributed by atoms with Crippen LogP contribution in [0.2, 0.25) is 0 Å². The number of benzene rings is 9. The molecule has 0 radical (unpaired) electrons. The Morgan fingerprint density at radius 1 is 0.274 bits per heavy atom. The fourth-order valence-corrected chi connectivity index (χ4v) is 8.60. The molecular weight excluding hydrogens is 749 g/mol. The molecule has 0 saturated heterocycles. The van der Waals surface area contributed by atoms with Crippen LogP contribution in [0.25, 0.3) is 50.1 Å². The molecule has 0 N–H and O–H groups in total. The SMILES string of the molecule is C1=CCCC(c2ccc(N(c3ccc(-c4ccccc4)cc3)c3ccc(-c4ccc(N(c5ccccc5)c5cccc(-c6ccccc6)c5)cc4)c(-c4ccccc4)c3)cc2)=C1. The Morgan fingerprint density at radius 3 is 1.24 bits per heavy atom. The van der Waals surface area contributed by atoms with Gasteiger partial charge in [-0.3, -0.25) is 0 Å². The van der Waals surface area contributed by atoms with Gasteiger partial charge in [-0.1, -0.05) is 182 Å². The molecule has 296 valence electrons. The van der Waals surface area contributed by atoms with Crippen LogP contribution >= 0.6 is 0 Å². The van der Waals surface area contributed by atoms with E-state index < -0.39 is 0 Å². The number of hydrogen-bond donors (Lipinski definition) is 0. The second-order valence-electron chi connectivity index (χ2n) is 15.7. The van der Waals surface area contributed by atoms with Crippen molar-refractivity contribution >= 4 is 39.7 Å². The van der Waals surface area contributed by atoms with Crippen LogP contribution in [0.5, 0.6) is 0 Å². The molecule has 0 atom stereocenters. The molecule has 0 aromatic heterocycles. The predicted octanol–water partition coefficient (Wildman–Crippen LogP) is 17.0. The van der Waals surface area contributed by atoms with Crippen molar-refractivity contribution in [2.24, 2.45) is 0 Å². The summed E-state index contributed by atoms with van der Waals surface area (Å²) in [6.45, 7) is 0. The standard InChI is InChI=1S/C60H46N2/c1-6-17-45(18-7-1)48-29-35-54(36-30-48)62(55-37-31-49(32-38-55)46-19-8-2-9-20-46)58-41-42-59(60(44-58)50-23-12-4-13-24-50)51-33-39-56(40-34-51)61(53-26-14-5-15-27-53)57-28-16-25-52(43-57)47-21-10-3-11-22-47/h1-8,10-19,21-44H,9,20H2. The maximum absolute atomic E-state index is 2.38. The molecule has 0 bridgehead atoms. The summed E-state index contributed by atoms with van der Waals surface area (Å²) in [6, 6.07) is 85.4. The molecule has 0 aliphatic heterocycles. The van der Waals surface area contributed by atoms with Crippen LogP contribution in [-0.2, 0) is 0 Å². The molecule has 2 heteroatoms. The minimum Gasteiger partial charge on any atom is -0.310 e. The van der Waals surface area contributed by atoms with Crippen molar-refractivity contribution in [2.45, 2.75) is 12.8 Å². The number of nitrogens with zero attached hydrogens (tertiary/aromatic N) is 2. The zero-order chi connectivity index (χ0) is 41.5. The maximum Gasteiger partial charge on any atom is 0.0468 e. The number of allylic oxidation sites excluding steroid dienone is 4. The Balaban J connectivity index is 1.05. The fourth-order valence-electron chi connectivity index (χ4n) is 8.60. The number of hydrogen-bond acceptors (Lipinski definition) is 2. The van der Waals surface area contributed by atoms with E-state index in [1.54, 1.807) is 0 Å². The summed E-state index contributed by atoms with van der Waals surface area (Å²) in [5.74, 6) is 0. The van der Waals surface area contributed by atoms with E-state index in [-0.39, 0.29) is 0 Å². The highest BCUT2D eigenvalue weighted by Crippen LogP contribution is 2.43. The van der Waals surface area contributed by atoms with Gasteiger partial charge in [0.05, 0.1) is 0 Å². The second kappa shape index (κ2) is 17.7. The zero-order valence-corrected chi connectivity index (χ0v) is 34.6. The molecule has 9 aromatic carbocycles. The lowest BCUT2D eigenvalue weighted by Gasteiger charge is -2.28. The molecule has 0 amide bonds. The molecule has 9 aromatic rings. The van der Waals surface area contributed by atoms with Crippen molar-refractivity contribution in [1.82, 2.24) is 0 Å². The maximum atomic E-state index is 2.38. The normalized spacial score (nSPS) is 12.1. The summed E-state index contributed by atoms with van der Waals surface area (Å²) in [7, 11) is 0. The summed E-state index contributed by atoms with van der Waals surface area (Å²) in [5, 5.41) is 0. The zero-order valence-electron chi connectivity index (χ0n) is 34.6. The third kappa shape index (κ3) is 8.15. The van der Waals surface area contributed by atoms with Gasteiger partial charge in [0.1, 0.15) is 0 Å². The van der Waals surface area contributed by atoms with Crippen LogP contribution in [0.3, 0.4) is 0 Å². The smallest absolute Gasteiger partial charge is 0.0468 e. The molecule has 0 fully saturated rings. The van der Waals surface area contributed by atoms with Crippen LogP contribution in [-0.4, -0.2) is 0 Å². The van der Waals surface area contributed by atoms with Crippen molar-refractivity contribution in [3.05, 3.63) is 260 Å². The Labute approximate surface area is 365 Å². The molecule has 0 spiro atoms. The van der Waals surface area contributed by atoms with Crippen molar-refractivity contribution < 1.29 is 0 Å². The van der Waals surface area contributed by atoms with Crippen LogP contribution in [0.4, 0.5) is 34.1 Å². The largest absolute Gasteiger partial charge is 0.310 e. The quantitative estimate of drug-likeness (QED) is 0.129. The summed E-state index contributed by atoms with van der Waals surface area (Å²) < 4.78 is 0. The number of anilines is 6. The van der Waals surface area contributed by atoms with E-state index in [9.17, 15) is 0 Å². The van der Waals surface area contributed by atoms with Gasteiger partial charge in [0.2, 0.25) is 0 Å². The van der Waals surface area contributed by atoms with Gasteiger partial charge in [0.25, 0.3) is 0 Å². The molecule has 10 rings (SSSR count). The highest BCUT2D eigenvalue weighted by atomic mass is 15.1. The summed E-state index contributed by atoms with van der Waals surface area (Å²) >= 11 is 0. The molecule has 0 unspecified atom stereocenters. The Bertz CT molecular complexity index is 2950. The van der Waals surface area contributed by atoms with Crippen molar-refractivity contribution in [3.63, 3.8) is 0 Å². The summed E-state index contributed by atoms with van der Waals surface area (Å²) in [5.41, 5.74) is 18.7. The first-order chi connectivity index (χ1) is 30.7. The van der Waals surface area contributed by atoms with E-state index in [0.29, 0.717) is 0 Å². The van der Waals surface area contributed by atoms with Crippen molar-refractivity contribution in [3.8, 4) is 44.5 Å².